The van der Waals surface area contributed by atoms with Gasteiger partial charge < -0.3 is 15.2 Å². The van der Waals surface area contributed by atoms with E-state index in [4.69, 9.17) is 9.84 Å². The largest absolute Gasteiger partial charge is 0.496 e. The Morgan fingerprint density at radius 2 is 2.32 bits per heavy atom. The van der Waals surface area contributed by atoms with Crippen LogP contribution in [0.25, 0.3) is 0 Å². The average Bonchev–Trinajstić information content (AvgIpc) is 2.78. The third kappa shape index (κ3) is 4.08. The summed E-state index contributed by atoms with van der Waals surface area (Å²) in [4.78, 5) is 22.1. The van der Waals surface area contributed by atoms with Gasteiger partial charge in [-0.2, -0.15) is 5.10 Å². The van der Waals surface area contributed by atoms with Crippen LogP contribution in [0.15, 0.2) is 28.4 Å². The topological polar surface area (TPSA) is 100 Å². The Kier molecular flexibility index (Phi) is 5.16. The van der Waals surface area contributed by atoms with E-state index in [0.717, 1.165) is 28.6 Å². The SMILES string of the molecule is COc1ccc(C=NN=C2NC(=O)C(CC(=O)O)S2)cc1C. The number of carboxylic acid groups (broad SMARTS) is 1. The summed E-state index contributed by atoms with van der Waals surface area (Å²) in [6.07, 6.45) is 1.31. The number of amides is 1. The molecule has 1 aliphatic heterocycles. The molecule has 2 rings (SSSR count). The van der Waals surface area contributed by atoms with Crippen LogP contribution >= 0.6 is 11.8 Å². The molecular weight excluding hydrogens is 306 g/mol. The van der Waals surface area contributed by atoms with Crippen molar-refractivity contribution in [3.8, 4) is 5.75 Å². The van der Waals surface area contributed by atoms with Crippen molar-refractivity contribution in [2.75, 3.05) is 7.11 Å². The minimum atomic E-state index is -1.02. The molecule has 0 aliphatic carbocycles. The third-order valence-electron chi connectivity index (χ3n) is 2.91. The van der Waals surface area contributed by atoms with E-state index < -0.39 is 11.2 Å². The molecule has 1 aliphatic rings. The molecule has 1 amide bonds. The molecule has 7 nitrogen and oxygen atoms in total. The Morgan fingerprint density at radius 1 is 1.55 bits per heavy atom. The second-order valence-electron chi connectivity index (χ2n) is 4.57. The first-order valence-corrected chi connectivity index (χ1v) is 7.32. The molecule has 0 aromatic heterocycles. The maximum absolute atomic E-state index is 11.5. The van der Waals surface area contributed by atoms with Gasteiger partial charge in [0.25, 0.3) is 0 Å². The number of ether oxygens (including phenoxy) is 1. The van der Waals surface area contributed by atoms with E-state index in [9.17, 15) is 9.59 Å². The fourth-order valence-electron chi connectivity index (χ4n) is 1.88. The lowest BCUT2D eigenvalue weighted by Crippen LogP contribution is -2.26. The molecule has 1 saturated heterocycles. The summed E-state index contributed by atoms with van der Waals surface area (Å²) in [6.45, 7) is 1.92. The number of thioether (sulfide) groups is 1. The zero-order chi connectivity index (χ0) is 16.1. The lowest BCUT2D eigenvalue weighted by atomic mass is 10.1. The molecule has 8 heteroatoms. The smallest absolute Gasteiger partial charge is 0.305 e. The number of nitrogens with one attached hydrogen (secondary N) is 1. The summed E-state index contributed by atoms with van der Waals surface area (Å²) in [5.74, 6) is -0.591. The van der Waals surface area contributed by atoms with Crippen LogP contribution in [0, 0.1) is 6.92 Å². The Bertz CT molecular complexity index is 657. The monoisotopic (exact) mass is 321 g/mol. The van der Waals surface area contributed by atoms with E-state index in [1.54, 1.807) is 13.3 Å². The molecule has 0 bridgehead atoms. The molecule has 0 saturated carbocycles. The molecule has 1 unspecified atom stereocenters. The van der Waals surface area contributed by atoms with Crippen LogP contribution in [0.2, 0.25) is 0 Å². The summed E-state index contributed by atoms with van der Waals surface area (Å²) in [5, 5.41) is 18.6. The quantitative estimate of drug-likeness (QED) is 0.630. The van der Waals surface area contributed by atoms with Crippen molar-refractivity contribution < 1.29 is 19.4 Å². The van der Waals surface area contributed by atoms with Crippen LogP contribution in [-0.2, 0) is 9.59 Å². The zero-order valence-corrected chi connectivity index (χ0v) is 12.9. The standard InChI is InChI=1S/C14H15N3O4S/c1-8-5-9(3-4-10(8)21-2)7-15-17-14-16-13(20)11(22-14)6-12(18)19/h3-5,7,11H,6H2,1-2H3,(H,18,19)(H,16,17,20). The van der Waals surface area contributed by atoms with Crippen LogP contribution in [0.1, 0.15) is 17.5 Å². The number of hydrogen-bond acceptors (Lipinski definition) is 6. The first-order chi connectivity index (χ1) is 10.5. The van der Waals surface area contributed by atoms with E-state index in [1.165, 1.54) is 0 Å². The van der Waals surface area contributed by atoms with Crippen molar-refractivity contribution in [2.45, 2.75) is 18.6 Å². The molecule has 116 valence electrons. The van der Waals surface area contributed by atoms with Gasteiger partial charge in [0.1, 0.15) is 11.0 Å². The van der Waals surface area contributed by atoms with Gasteiger partial charge in [-0.25, -0.2) is 0 Å². The number of rotatable bonds is 5. The number of methoxy groups -OCH3 is 1. The minimum Gasteiger partial charge on any atom is -0.496 e. The van der Waals surface area contributed by atoms with Crippen LogP contribution in [-0.4, -0.2) is 40.7 Å². The van der Waals surface area contributed by atoms with E-state index in [1.807, 2.05) is 25.1 Å². The highest BCUT2D eigenvalue weighted by Crippen LogP contribution is 2.22. The Balaban J connectivity index is 2.01. The van der Waals surface area contributed by atoms with Crippen molar-refractivity contribution in [1.29, 1.82) is 0 Å². The van der Waals surface area contributed by atoms with Crippen molar-refractivity contribution in [1.82, 2.24) is 5.32 Å². The molecule has 1 aromatic rings. The van der Waals surface area contributed by atoms with Crippen molar-refractivity contribution >= 4 is 35.0 Å². The molecule has 2 N–H and O–H groups in total. The highest BCUT2D eigenvalue weighted by Gasteiger charge is 2.32. The van der Waals surface area contributed by atoms with Gasteiger partial charge in [-0.05, 0) is 36.2 Å². The number of amidine groups is 1. The second kappa shape index (κ2) is 7.08. The van der Waals surface area contributed by atoms with Gasteiger partial charge in [0, 0.05) is 0 Å². The molecule has 1 heterocycles. The second-order valence-corrected chi connectivity index (χ2v) is 5.76. The van der Waals surface area contributed by atoms with Gasteiger partial charge in [0.05, 0.1) is 19.7 Å². The first-order valence-electron chi connectivity index (χ1n) is 6.44. The highest BCUT2D eigenvalue weighted by atomic mass is 32.2. The zero-order valence-electron chi connectivity index (χ0n) is 12.1. The molecule has 1 fully saturated rings. The van der Waals surface area contributed by atoms with E-state index in [0.29, 0.717) is 5.17 Å². The van der Waals surface area contributed by atoms with Gasteiger partial charge in [-0.1, -0.05) is 11.8 Å². The predicted molar refractivity (Wildman–Crippen MR) is 84.5 cm³/mol. The lowest BCUT2D eigenvalue weighted by molar-refractivity contribution is -0.138. The number of benzene rings is 1. The first kappa shape index (κ1) is 16.0. The summed E-state index contributed by atoms with van der Waals surface area (Å²) in [6, 6.07) is 5.57. The van der Waals surface area contributed by atoms with Crippen LogP contribution in [0.3, 0.4) is 0 Å². The van der Waals surface area contributed by atoms with Crippen molar-refractivity contribution in [3.63, 3.8) is 0 Å². The maximum Gasteiger partial charge on any atom is 0.305 e. The van der Waals surface area contributed by atoms with Gasteiger partial charge in [0.15, 0.2) is 5.17 Å². The normalized spacial score (nSPS) is 19.6. The summed E-state index contributed by atoms with van der Waals surface area (Å²) in [5.41, 5.74) is 1.82. The number of hydrogen-bond donors (Lipinski definition) is 2. The predicted octanol–water partition coefficient (Wildman–Crippen LogP) is 1.40. The number of aryl methyl sites for hydroxylation is 1. The highest BCUT2D eigenvalue weighted by molar-refractivity contribution is 8.15. The van der Waals surface area contributed by atoms with E-state index >= 15 is 0 Å². The van der Waals surface area contributed by atoms with Gasteiger partial charge >= 0.3 is 5.97 Å². The lowest BCUT2D eigenvalue weighted by Gasteiger charge is -2.03. The third-order valence-corrected chi connectivity index (χ3v) is 3.98. The van der Waals surface area contributed by atoms with E-state index in [-0.39, 0.29) is 12.3 Å². The van der Waals surface area contributed by atoms with Gasteiger partial charge in [-0.3, -0.25) is 9.59 Å². The number of carbonyl (C=O) groups is 2. The minimum absolute atomic E-state index is 0.239. The Morgan fingerprint density at radius 3 is 2.95 bits per heavy atom. The van der Waals surface area contributed by atoms with E-state index in [2.05, 4.69) is 15.5 Å². The number of aliphatic carboxylic acids is 1. The summed E-state index contributed by atoms with van der Waals surface area (Å²) in [7, 11) is 1.61. The fraction of sp³-hybridized carbons (Fsp3) is 0.286. The summed E-state index contributed by atoms with van der Waals surface area (Å²) >= 11 is 1.07. The van der Waals surface area contributed by atoms with Crippen LogP contribution in [0.4, 0.5) is 0 Å². The van der Waals surface area contributed by atoms with Crippen LogP contribution < -0.4 is 10.1 Å². The van der Waals surface area contributed by atoms with Crippen molar-refractivity contribution in [2.24, 2.45) is 10.2 Å². The number of carbonyl (C=O) groups excluding carboxylic acids is 1. The molecule has 1 atom stereocenters. The number of carboxylic acids is 1. The van der Waals surface area contributed by atoms with Gasteiger partial charge in [0.2, 0.25) is 5.91 Å². The molecule has 0 radical (unpaired) electrons. The molecule has 22 heavy (non-hydrogen) atoms. The fourth-order valence-corrected chi connectivity index (χ4v) is 2.79. The maximum atomic E-state index is 11.5. The van der Waals surface area contributed by atoms with Crippen LogP contribution in [0.5, 0.6) is 5.75 Å². The Hall–Kier alpha value is -2.35. The molecular formula is C14H15N3O4S. The number of nitrogens with zero attached hydrogens (tertiary/aromatic N) is 2. The molecule has 1 aromatic carbocycles. The Labute approximate surface area is 131 Å². The van der Waals surface area contributed by atoms with Crippen molar-refractivity contribution in [3.05, 3.63) is 29.3 Å². The van der Waals surface area contributed by atoms with Gasteiger partial charge in [-0.15, -0.1) is 5.10 Å². The molecule has 0 spiro atoms. The average molecular weight is 321 g/mol. The summed E-state index contributed by atoms with van der Waals surface area (Å²) < 4.78 is 5.17.